The molecule has 6 atom stereocenters. The molecule has 4 rings (SSSR count). The Balaban J connectivity index is 1.73. The summed E-state index contributed by atoms with van der Waals surface area (Å²) >= 11 is 0. The maximum atomic E-state index is 13.3. The van der Waals surface area contributed by atoms with Crippen LogP contribution < -0.4 is 17.2 Å². The number of nitrogens with zero attached hydrogens (tertiary/aromatic N) is 3. The highest BCUT2D eigenvalue weighted by molar-refractivity contribution is 5.77. The lowest BCUT2D eigenvalue weighted by atomic mass is 9.92. The molecular formula is C30H40N6O7. The molecule has 43 heavy (non-hydrogen) atoms. The van der Waals surface area contributed by atoms with Crippen molar-refractivity contribution in [3.8, 4) is 0 Å². The van der Waals surface area contributed by atoms with Gasteiger partial charge in [0.2, 0.25) is 0 Å². The Labute approximate surface area is 250 Å². The number of aromatic nitrogens is 3. The molecule has 3 heterocycles. The molecule has 1 aliphatic rings. The van der Waals surface area contributed by atoms with Gasteiger partial charge in [0.15, 0.2) is 18.0 Å². The third-order valence-electron chi connectivity index (χ3n) is 7.67. The van der Waals surface area contributed by atoms with Crippen molar-refractivity contribution < 1.29 is 33.3 Å². The minimum Gasteiger partial charge on any atom is -0.463 e. The normalized spacial score (nSPS) is 23.3. The van der Waals surface area contributed by atoms with E-state index in [0.29, 0.717) is 11.2 Å². The number of rotatable bonds is 11. The minimum atomic E-state index is -1.47. The van der Waals surface area contributed by atoms with Crippen LogP contribution in [0, 0.1) is 11.8 Å². The number of carbonyl (C=O) groups excluding carboxylic acids is 3. The molecular weight excluding hydrogens is 556 g/mol. The number of ether oxygens (including phenoxy) is 4. The summed E-state index contributed by atoms with van der Waals surface area (Å²) in [5, 5.41) is 4.32. The molecule has 0 bridgehead atoms. The fourth-order valence-electron chi connectivity index (χ4n) is 4.89. The molecule has 1 aliphatic heterocycles. The first-order valence-corrected chi connectivity index (χ1v) is 14.2. The highest BCUT2D eigenvalue weighted by atomic mass is 16.7. The van der Waals surface area contributed by atoms with Crippen molar-refractivity contribution in [2.75, 3.05) is 12.3 Å². The Kier molecular flexibility index (Phi) is 9.68. The van der Waals surface area contributed by atoms with Crippen LogP contribution in [0.3, 0.4) is 0 Å². The number of nitrogen functional groups attached to an aromatic ring is 1. The Morgan fingerprint density at radius 1 is 0.977 bits per heavy atom. The molecule has 6 N–H and O–H groups in total. The van der Waals surface area contributed by atoms with Gasteiger partial charge in [-0.1, -0.05) is 58.0 Å². The van der Waals surface area contributed by atoms with E-state index in [4.69, 9.17) is 36.1 Å². The molecule has 0 aliphatic carbocycles. The molecule has 1 aromatic carbocycles. The number of esters is 3. The van der Waals surface area contributed by atoms with E-state index in [-0.39, 0.29) is 30.7 Å². The summed E-state index contributed by atoms with van der Waals surface area (Å²) < 4.78 is 25.5. The van der Waals surface area contributed by atoms with Gasteiger partial charge in [-0.3, -0.25) is 14.4 Å². The number of fused-ring (bicyclic) bond motifs is 1. The van der Waals surface area contributed by atoms with Crippen molar-refractivity contribution in [2.45, 2.75) is 77.0 Å². The third-order valence-corrected chi connectivity index (χ3v) is 7.67. The molecule has 1 saturated heterocycles. The van der Waals surface area contributed by atoms with E-state index in [9.17, 15) is 14.4 Å². The number of benzene rings is 1. The molecule has 0 unspecified atom stereocenters. The average molecular weight is 597 g/mol. The van der Waals surface area contributed by atoms with E-state index in [0.717, 1.165) is 5.56 Å². The quantitative estimate of drug-likeness (QED) is 0.213. The Morgan fingerprint density at radius 2 is 1.60 bits per heavy atom. The smallest absolute Gasteiger partial charge is 0.323 e. The molecule has 0 amide bonds. The van der Waals surface area contributed by atoms with E-state index in [1.807, 2.05) is 18.2 Å². The second kappa shape index (κ2) is 13.1. The fraction of sp³-hybridized carbons (Fsp3) is 0.500. The van der Waals surface area contributed by atoms with Crippen LogP contribution in [0.2, 0.25) is 0 Å². The number of carbonyl (C=O) groups is 3. The van der Waals surface area contributed by atoms with Crippen LogP contribution in [0.4, 0.5) is 5.82 Å². The monoisotopic (exact) mass is 596 g/mol. The molecule has 2 aromatic heterocycles. The van der Waals surface area contributed by atoms with Crippen molar-refractivity contribution in [2.24, 2.45) is 23.3 Å². The van der Waals surface area contributed by atoms with Crippen LogP contribution in [-0.4, -0.2) is 69.5 Å². The minimum absolute atomic E-state index is 0.0225. The number of anilines is 1. The molecule has 0 radical (unpaired) electrons. The van der Waals surface area contributed by atoms with Crippen LogP contribution in [0.25, 0.3) is 5.52 Å². The lowest BCUT2D eigenvalue weighted by Gasteiger charge is -2.32. The van der Waals surface area contributed by atoms with Gasteiger partial charge in [0.05, 0.1) is 12.1 Å². The predicted molar refractivity (Wildman–Crippen MR) is 156 cm³/mol. The van der Waals surface area contributed by atoms with E-state index in [1.165, 1.54) is 10.8 Å². The summed E-state index contributed by atoms with van der Waals surface area (Å²) in [5.74, 6) is -2.23. The summed E-state index contributed by atoms with van der Waals surface area (Å²) in [5.41, 5.74) is 18.5. The van der Waals surface area contributed by atoms with Crippen molar-refractivity contribution in [1.82, 2.24) is 14.6 Å². The van der Waals surface area contributed by atoms with E-state index in [1.54, 1.807) is 58.9 Å². The van der Waals surface area contributed by atoms with Gasteiger partial charge in [-0.05, 0) is 36.5 Å². The second-order valence-corrected chi connectivity index (χ2v) is 11.6. The molecule has 13 heteroatoms. The largest absolute Gasteiger partial charge is 0.463 e. The zero-order chi connectivity index (χ0) is 31.5. The van der Waals surface area contributed by atoms with E-state index >= 15 is 0 Å². The lowest BCUT2D eigenvalue weighted by Crippen LogP contribution is -2.50. The molecule has 3 aromatic rings. The van der Waals surface area contributed by atoms with Crippen molar-refractivity contribution in [1.29, 1.82) is 0 Å². The highest BCUT2D eigenvalue weighted by Gasteiger charge is 2.59. The van der Waals surface area contributed by atoms with Crippen LogP contribution >= 0.6 is 0 Å². The molecule has 0 spiro atoms. The van der Waals surface area contributed by atoms with E-state index < -0.39 is 53.9 Å². The van der Waals surface area contributed by atoms with E-state index in [2.05, 4.69) is 10.1 Å². The zero-order valence-corrected chi connectivity index (χ0v) is 25.0. The topological polar surface area (TPSA) is 196 Å². The molecule has 1 fully saturated rings. The van der Waals surface area contributed by atoms with Crippen LogP contribution in [0.5, 0.6) is 0 Å². The van der Waals surface area contributed by atoms with Gasteiger partial charge in [-0.25, -0.2) is 9.50 Å². The van der Waals surface area contributed by atoms with Crippen molar-refractivity contribution >= 4 is 29.2 Å². The average Bonchev–Trinajstić information content (AvgIpc) is 3.52. The first-order chi connectivity index (χ1) is 20.3. The number of nitrogens with two attached hydrogens (primary N) is 3. The van der Waals surface area contributed by atoms with Crippen molar-refractivity contribution in [3.63, 3.8) is 0 Å². The molecule has 232 valence electrons. The number of hydrogen-bond acceptors (Lipinski definition) is 12. The van der Waals surface area contributed by atoms with Crippen molar-refractivity contribution in [3.05, 3.63) is 60.0 Å². The lowest BCUT2D eigenvalue weighted by molar-refractivity contribution is -0.174. The standard InChI is InChI=1S/C30H40N6O7/c1-16(2)23(31)28(38)41-25-20(14-40-22(37)13-18-9-7-6-8-10-18)43-30(5,26(25)42-29(39)24(32)17(3)4)21-12-11-19-27(33)34-15-35-36(19)21/h6-12,15-17,20,23-26H,13-14,31-32H2,1-5H3,(H2,33,34,35)/t20-,23+,24+,25-,26-,30+/m1/s1. The third kappa shape index (κ3) is 6.79. The first-order valence-electron chi connectivity index (χ1n) is 14.2. The van der Waals surface area contributed by atoms with Gasteiger partial charge in [0, 0.05) is 0 Å². The number of hydrogen-bond donors (Lipinski definition) is 3. The highest BCUT2D eigenvalue weighted by Crippen LogP contribution is 2.44. The van der Waals surface area contributed by atoms with Gasteiger partial charge in [-0.15, -0.1) is 0 Å². The predicted octanol–water partition coefficient (Wildman–Crippen LogP) is 1.50. The van der Waals surface area contributed by atoms with Crippen LogP contribution in [0.15, 0.2) is 48.8 Å². The van der Waals surface area contributed by atoms with Crippen LogP contribution in [0.1, 0.15) is 45.9 Å². The summed E-state index contributed by atoms with van der Waals surface area (Å²) in [6.07, 6.45) is -2.21. The van der Waals surface area contributed by atoms with Gasteiger partial charge < -0.3 is 36.1 Å². The van der Waals surface area contributed by atoms with Gasteiger partial charge in [0.25, 0.3) is 0 Å². The second-order valence-electron chi connectivity index (χ2n) is 11.6. The van der Waals surface area contributed by atoms with Gasteiger partial charge in [-0.2, -0.15) is 5.10 Å². The molecule has 13 nitrogen and oxygen atoms in total. The Morgan fingerprint density at radius 3 is 2.23 bits per heavy atom. The van der Waals surface area contributed by atoms with Crippen LogP contribution in [-0.2, 0) is 45.4 Å². The van der Waals surface area contributed by atoms with Gasteiger partial charge >= 0.3 is 17.9 Å². The maximum Gasteiger partial charge on any atom is 0.323 e. The SMILES string of the molecule is CC(C)[C@H](N)C(=O)O[C@H]1[C@@H](OC(=O)[C@@H](N)C(C)C)[C@](C)(c2ccc3c(N)ncnn23)O[C@@H]1COC(=O)Cc1ccccc1. The summed E-state index contributed by atoms with van der Waals surface area (Å²) in [6, 6.07) is 10.6. The zero-order valence-electron chi connectivity index (χ0n) is 25.0. The fourth-order valence-corrected chi connectivity index (χ4v) is 4.89. The maximum absolute atomic E-state index is 13.3. The van der Waals surface area contributed by atoms with Gasteiger partial charge in [0.1, 0.15) is 42.2 Å². The summed E-state index contributed by atoms with van der Waals surface area (Å²) in [6.45, 7) is 8.48. The Bertz CT molecular complexity index is 1450. The summed E-state index contributed by atoms with van der Waals surface area (Å²) in [4.78, 5) is 43.2. The first kappa shape index (κ1) is 31.9. The molecule has 0 saturated carbocycles. The Hall–Kier alpha value is -4.07. The summed E-state index contributed by atoms with van der Waals surface area (Å²) in [7, 11) is 0.